The van der Waals surface area contributed by atoms with Crippen molar-refractivity contribution in [2.75, 3.05) is 19.0 Å². The molecule has 0 fully saturated rings. The molecule has 2 heterocycles. The smallest absolute Gasteiger partial charge is 0.182 e. The average Bonchev–Trinajstić information content (AvgIpc) is 2.49. The van der Waals surface area contributed by atoms with Crippen LogP contribution >= 0.6 is 22.6 Å². The molecule has 0 unspecified atom stereocenters. The summed E-state index contributed by atoms with van der Waals surface area (Å²) in [6, 6.07) is 0. The molecule has 0 aliphatic carbocycles. The number of halogens is 1. The third kappa shape index (κ3) is 3.60. The highest BCUT2D eigenvalue weighted by Crippen LogP contribution is 2.23. The third-order valence-electron chi connectivity index (χ3n) is 2.54. The second-order valence-electron chi connectivity index (χ2n) is 4.11. The number of ether oxygens (including phenoxy) is 1. The van der Waals surface area contributed by atoms with E-state index >= 15 is 0 Å². The minimum absolute atomic E-state index is 0.439. The van der Waals surface area contributed by atoms with Crippen LogP contribution in [0, 0.1) is 3.57 Å². The summed E-state index contributed by atoms with van der Waals surface area (Å²) in [6.07, 6.45) is 5.94. The zero-order chi connectivity index (χ0) is 14.4. The fourth-order valence-corrected chi connectivity index (χ4v) is 2.20. The maximum absolute atomic E-state index is 5.20. The largest absolute Gasteiger partial charge is 0.378 e. The highest BCUT2D eigenvalue weighted by molar-refractivity contribution is 14.1. The summed E-state index contributed by atoms with van der Waals surface area (Å²) in [6.45, 7) is 3.41. The quantitative estimate of drug-likeness (QED) is 0.771. The zero-order valence-electron chi connectivity index (χ0n) is 11.4. The van der Waals surface area contributed by atoms with Crippen molar-refractivity contribution in [3.8, 4) is 11.5 Å². The third-order valence-corrected chi connectivity index (χ3v) is 3.67. The Morgan fingerprint density at radius 2 is 2.15 bits per heavy atom. The zero-order valence-corrected chi connectivity index (χ0v) is 13.6. The first-order chi connectivity index (χ1) is 9.76. The number of methoxy groups -OCH3 is 1. The number of anilines is 1. The number of rotatable bonds is 6. The summed E-state index contributed by atoms with van der Waals surface area (Å²) in [5, 5.41) is 3.31. The molecular formula is C13H16IN5O. The van der Waals surface area contributed by atoms with Crippen molar-refractivity contribution >= 4 is 28.4 Å². The number of nitrogens with one attached hydrogen (secondary N) is 1. The lowest BCUT2D eigenvalue weighted by Gasteiger charge is -2.12. The van der Waals surface area contributed by atoms with E-state index in [1.165, 1.54) is 0 Å². The van der Waals surface area contributed by atoms with Gasteiger partial charge in [-0.25, -0.2) is 15.0 Å². The second kappa shape index (κ2) is 7.44. The topological polar surface area (TPSA) is 72.8 Å². The van der Waals surface area contributed by atoms with Crippen molar-refractivity contribution in [1.29, 1.82) is 0 Å². The maximum atomic E-state index is 5.20. The standard InChI is InChI=1S/C13H16IN5O/c1-3-4-17-13-11(14)10(8-20-2)18-12(19-13)9-7-15-5-6-16-9/h5-7H,3-4,8H2,1-2H3,(H,17,18,19). The highest BCUT2D eigenvalue weighted by atomic mass is 127. The van der Waals surface area contributed by atoms with Crippen LogP contribution in [-0.4, -0.2) is 33.6 Å². The molecule has 0 spiro atoms. The first-order valence-electron chi connectivity index (χ1n) is 6.31. The Morgan fingerprint density at radius 3 is 2.80 bits per heavy atom. The molecule has 6 nitrogen and oxygen atoms in total. The highest BCUT2D eigenvalue weighted by Gasteiger charge is 2.13. The Balaban J connectivity index is 2.44. The number of nitrogens with zero attached hydrogens (tertiary/aromatic N) is 4. The van der Waals surface area contributed by atoms with E-state index in [0.717, 1.165) is 28.0 Å². The maximum Gasteiger partial charge on any atom is 0.182 e. The van der Waals surface area contributed by atoms with Gasteiger partial charge < -0.3 is 10.1 Å². The van der Waals surface area contributed by atoms with Crippen LogP contribution in [-0.2, 0) is 11.3 Å². The average molecular weight is 385 g/mol. The van der Waals surface area contributed by atoms with E-state index in [1.807, 2.05) is 0 Å². The minimum atomic E-state index is 0.439. The van der Waals surface area contributed by atoms with E-state index < -0.39 is 0 Å². The van der Waals surface area contributed by atoms with Gasteiger partial charge in [-0.3, -0.25) is 4.98 Å². The number of aromatic nitrogens is 4. The molecule has 2 rings (SSSR count). The molecule has 2 aromatic heterocycles. The van der Waals surface area contributed by atoms with Crippen LogP contribution in [0.4, 0.5) is 5.82 Å². The molecule has 0 saturated carbocycles. The van der Waals surface area contributed by atoms with Crippen LogP contribution in [0.15, 0.2) is 18.6 Å². The molecule has 106 valence electrons. The van der Waals surface area contributed by atoms with Gasteiger partial charge in [-0.05, 0) is 29.0 Å². The summed E-state index contributed by atoms with van der Waals surface area (Å²) in [5.74, 6) is 1.37. The van der Waals surface area contributed by atoms with Gasteiger partial charge in [0, 0.05) is 26.0 Å². The molecule has 2 aromatic rings. The van der Waals surface area contributed by atoms with Gasteiger partial charge in [0.1, 0.15) is 11.5 Å². The van der Waals surface area contributed by atoms with Crippen molar-refractivity contribution in [1.82, 2.24) is 19.9 Å². The fraction of sp³-hybridized carbons (Fsp3) is 0.385. The molecule has 0 aromatic carbocycles. The summed E-state index contributed by atoms with van der Waals surface area (Å²) in [7, 11) is 1.65. The predicted molar refractivity (Wildman–Crippen MR) is 85.3 cm³/mol. The van der Waals surface area contributed by atoms with Crippen molar-refractivity contribution < 1.29 is 4.74 Å². The Hall–Kier alpha value is -1.35. The molecule has 20 heavy (non-hydrogen) atoms. The van der Waals surface area contributed by atoms with E-state index in [0.29, 0.717) is 18.1 Å². The van der Waals surface area contributed by atoms with Crippen molar-refractivity contribution in [2.24, 2.45) is 0 Å². The molecule has 0 radical (unpaired) electrons. The van der Waals surface area contributed by atoms with E-state index in [4.69, 9.17) is 4.74 Å². The summed E-state index contributed by atoms with van der Waals surface area (Å²) >= 11 is 2.24. The Kier molecular flexibility index (Phi) is 5.60. The summed E-state index contributed by atoms with van der Waals surface area (Å²) < 4.78 is 6.18. The molecule has 0 aliphatic rings. The van der Waals surface area contributed by atoms with Crippen LogP contribution in [0.5, 0.6) is 0 Å². The van der Waals surface area contributed by atoms with Gasteiger partial charge in [0.15, 0.2) is 5.82 Å². The molecule has 0 saturated heterocycles. The Labute approximate surface area is 131 Å². The molecule has 0 amide bonds. The minimum Gasteiger partial charge on any atom is -0.378 e. The van der Waals surface area contributed by atoms with Crippen LogP contribution in [0.3, 0.4) is 0 Å². The van der Waals surface area contributed by atoms with Gasteiger partial charge in [0.05, 0.1) is 22.1 Å². The summed E-state index contributed by atoms with van der Waals surface area (Å²) in [5.41, 5.74) is 1.50. The molecule has 0 aliphatic heterocycles. The monoisotopic (exact) mass is 385 g/mol. The SMILES string of the molecule is CCCNc1nc(-c2cnccn2)nc(COC)c1I. The van der Waals surface area contributed by atoms with Crippen molar-refractivity contribution in [2.45, 2.75) is 20.0 Å². The summed E-state index contributed by atoms with van der Waals surface area (Å²) in [4.78, 5) is 17.3. The van der Waals surface area contributed by atoms with Gasteiger partial charge >= 0.3 is 0 Å². The molecule has 1 N–H and O–H groups in total. The molecule has 0 atom stereocenters. The Bertz CT molecular complexity index is 564. The normalized spacial score (nSPS) is 10.6. The van der Waals surface area contributed by atoms with Crippen LogP contribution in [0.1, 0.15) is 19.0 Å². The van der Waals surface area contributed by atoms with Crippen LogP contribution in [0.2, 0.25) is 0 Å². The Morgan fingerprint density at radius 1 is 1.30 bits per heavy atom. The van der Waals surface area contributed by atoms with E-state index in [-0.39, 0.29) is 0 Å². The fourth-order valence-electron chi connectivity index (χ4n) is 1.62. The number of hydrogen-bond acceptors (Lipinski definition) is 6. The first kappa shape index (κ1) is 15.0. The van der Waals surface area contributed by atoms with Gasteiger partial charge in [-0.2, -0.15) is 0 Å². The molecule has 7 heteroatoms. The second-order valence-corrected chi connectivity index (χ2v) is 5.19. The van der Waals surface area contributed by atoms with Crippen molar-refractivity contribution in [3.63, 3.8) is 0 Å². The van der Waals surface area contributed by atoms with Gasteiger partial charge in [0.2, 0.25) is 0 Å². The molecule has 0 bridgehead atoms. The lowest BCUT2D eigenvalue weighted by atomic mass is 10.3. The van der Waals surface area contributed by atoms with E-state index in [1.54, 1.807) is 25.7 Å². The predicted octanol–water partition coefficient (Wildman–Crippen LogP) is 2.51. The van der Waals surface area contributed by atoms with E-state index in [2.05, 4.69) is 54.8 Å². The van der Waals surface area contributed by atoms with Crippen LogP contribution in [0.25, 0.3) is 11.5 Å². The van der Waals surface area contributed by atoms with Crippen LogP contribution < -0.4 is 5.32 Å². The lowest BCUT2D eigenvalue weighted by molar-refractivity contribution is 0.181. The van der Waals surface area contributed by atoms with Gasteiger partial charge in [-0.1, -0.05) is 6.92 Å². The molecular weight excluding hydrogens is 369 g/mol. The van der Waals surface area contributed by atoms with Gasteiger partial charge in [-0.15, -0.1) is 0 Å². The van der Waals surface area contributed by atoms with Gasteiger partial charge in [0.25, 0.3) is 0 Å². The van der Waals surface area contributed by atoms with E-state index in [9.17, 15) is 0 Å². The number of hydrogen-bond donors (Lipinski definition) is 1. The van der Waals surface area contributed by atoms with Crippen molar-refractivity contribution in [3.05, 3.63) is 27.9 Å². The lowest BCUT2D eigenvalue weighted by Crippen LogP contribution is -2.10. The first-order valence-corrected chi connectivity index (χ1v) is 7.39.